The minimum atomic E-state index is -1.53. The van der Waals surface area contributed by atoms with Crippen LogP contribution in [0, 0.1) is 0 Å². The van der Waals surface area contributed by atoms with Gasteiger partial charge in [0.2, 0.25) is 0 Å². The normalized spacial score (nSPS) is 13.1. The Labute approximate surface area is 274 Å². The quantitative estimate of drug-likeness (QED) is 0.193. The fourth-order valence-corrected chi connectivity index (χ4v) is 7.92. The highest BCUT2D eigenvalue weighted by Gasteiger charge is 2.51. The second-order valence-electron chi connectivity index (χ2n) is 12.3. The van der Waals surface area contributed by atoms with Crippen LogP contribution in [-0.2, 0) is 5.41 Å². The lowest BCUT2D eigenvalue weighted by Gasteiger charge is -2.32. The molecule has 4 heteroatoms. The van der Waals surface area contributed by atoms with E-state index in [-0.39, 0.29) is 0 Å². The van der Waals surface area contributed by atoms with Crippen LogP contribution in [0.4, 0.5) is 17.1 Å². The van der Waals surface area contributed by atoms with E-state index in [1.165, 1.54) is 44.5 Å². The molecule has 2 N–H and O–H groups in total. The summed E-state index contributed by atoms with van der Waals surface area (Å²) < 4.78 is 0. The number of rotatable bonds is 5. The highest BCUT2D eigenvalue weighted by Crippen LogP contribution is 2.63. The molecule has 222 valence electrons. The van der Waals surface area contributed by atoms with Crippen molar-refractivity contribution in [1.82, 2.24) is 0 Å². The molecule has 2 aliphatic rings. The van der Waals surface area contributed by atoms with Gasteiger partial charge in [-0.2, -0.15) is 0 Å². The van der Waals surface area contributed by atoms with Crippen LogP contribution in [0.1, 0.15) is 22.3 Å². The SMILES string of the molecule is OB(O)c1ccc(N(c2cccc(-c3ccccc3)c2)c2ccc3c(c2)C2(c4ccccc4-c4ccccc42)c2ccccc2-3)cc1. The standard InChI is InChI=1S/C43H30BNO2/c46-44(47)31-21-23-32(24-22-31)45(33-14-10-13-30(27-33)29-11-2-1-3-12-29)34-25-26-38-37-17-6-9-20-41(37)43(42(38)28-34)39-18-7-4-15-35(39)36-16-5-8-19-40(36)43/h1-28,46-47H. The maximum Gasteiger partial charge on any atom is 0.488 e. The van der Waals surface area contributed by atoms with E-state index in [1.807, 2.05) is 18.2 Å². The Morgan fingerprint density at radius 2 is 0.872 bits per heavy atom. The van der Waals surface area contributed by atoms with Gasteiger partial charge >= 0.3 is 7.12 Å². The summed E-state index contributed by atoms with van der Waals surface area (Å²) in [4.78, 5) is 2.27. The van der Waals surface area contributed by atoms with Crippen LogP contribution < -0.4 is 10.4 Å². The van der Waals surface area contributed by atoms with E-state index in [2.05, 4.69) is 144 Å². The molecule has 1 spiro atoms. The van der Waals surface area contributed by atoms with Gasteiger partial charge in [0.05, 0.1) is 5.41 Å². The molecule has 0 saturated carbocycles. The molecule has 7 aromatic rings. The monoisotopic (exact) mass is 603 g/mol. The Morgan fingerprint density at radius 3 is 1.47 bits per heavy atom. The largest absolute Gasteiger partial charge is 0.488 e. The second-order valence-corrected chi connectivity index (χ2v) is 12.3. The van der Waals surface area contributed by atoms with E-state index in [4.69, 9.17) is 0 Å². The van der Waals surface area contributed by atoms with Crippen molar-refractivity contribution in [2.75, 3.05) is 4.90 Å². The zero-order valence-corrected chi connectivity index (χ0v) is 25.6. The summed E-state index contributed by atoms with van der Waals surface area (Å²) in [7, 11) is -1.53. The van der Waals surface area contributed by atoms with Crippen LogP contribution in [0.3, 0.4) is 0 Å². The average molecular weight is 604 g/mol. The smallest absolute Gasteiger partial charge is 0.423 e. The third-order valence-corrected chi connectivity index (χ3v) is 9.90. The maximum absolute atomic E-state index is 9.86. The zero-order valence-electron chi connectivity index (χ0n) is 25.6. The summed E-state index contributed by atoms with van der Waals surface area (Å²) >= 11 is 0. The van der Waals surface area contributed by atoms with Crippen molar-refractivity contribution < 1.29 is 10.0 Å². The number of benzene rings is 7. The molecule has 0 atom stereocenters. The molecule has 7 aromatic carbocycles. The van der Waals surface area contributed by atoms with E-state index in [1.54, 1.807) is 12.1 Å². The first-order valence-electron chi connectivity index (χ1n) is 16.0. The van der Waals surface area contributed by atoms with Crippen LogP contribution in [0.25, 0.3) is 33.4 Å². The molecule has 9 rings (SSSR count). The van der Waals surface area contributed by atoms with Crippen molar-refractivity contribution in [1.29, 1.82) is 0 Å². The van der Waals surface area contributed by atoms with Crippen molar-refractivity contribution in [3.63, 3.8) is 0 Å². The molecule has 0 fully saturated rings. The van der Waals surface area contributed by atoms with Crippen molar-refractivity contribution in [3.8, 4) is 33.4 Å². The fourth-order valence-electron chi connectivity index (χ4n) is 7.92. The molecule has 0 radical (unpaired) electrons. The van der Waals surface area contributed by atoms with Gasteiger partial charge in [-0.15, -0.1) is 0 Å². The molecule has 0 heterocycles. The van der Waals surface area contributed by atoms with Crippen LogP contribution in [0.5, 0.6) is 0 Å². The summed E-state index contributed by atoms with van der Waals surface area (Å²) in [5.41, 5.74) is 15.5. The second kappa shape index (κ2) is 10.7. The van der Waals surface area contributed by atoms with Crippen molar-refractivity contribution >= 4 is 29.6 Å². The Morgan fingerprint density at radius 1 is 0.383 bits per heavy atom. The predicted molar refractivity (Wildman–Crippen MR) is 193 cm³/mol. The molecule has 3 nitrogen and oxygen atoms in total. The Kier molecular flexibility index (Phi) is 6.29. The minimum Gasteiger partial charge on any atom is -0.423 e. The molecular formula is C43H30BNO2. The van der Waals surface area contributed by atoms with Crippen LogP contribution in [0.15, 0.2) is 170 Å². The predicted octanol–water partition coefficient (Wildman–Crippen LogP) is 8.85. The highest BCUT2D eigenvalue weighted by atomic mass is 16.4. The number of nitrogens with zero attached hydrogens (tertiary/aromatic N) is 1. The Bertz CT molecular complexity index is 2230. The Hall–Kier alpha value is -5.68. The van der Waals surface area contributed by atoms with Gasteiger partial charge in [0.15, 0.2) is 0 Å². The number of hydrogen-bond donors (Lipinski definition) is 2. The molecule has 0 saturated heterocycles. The van der Waals surface area contributed by atoms with Crippen molar-refractivity contribution in [3.05, 3.63) is 192 Å². The molecule has 0 unspecified atom stereocenters. The fraction of sp³-hybridized carbons (Fsp3) is 0.0233. The molecular weight excluding hydrogens is 573 g/mol. The third kappa shape index (κ3) is 4.09. The van der Waals surface area contributed by atoms with Crippen molar-refractivity contribution in [2.45, 2.75) is 5.41 Å². The zero-order chi connectivity index (χ0) is 31.5. The first kappa shape index (κ1) is 27.6. The van der Waals surface area contributed by atoms with Gasteiger partial charge in [-0.25, -0.2) is 0 Å². The van der Waals surface area contributed by atoms with Crippen LogP contribution in [0.2, 0.25) is 0 Å². The van der Waals surface area contributed by atoms with E-state index in [0.717, 1.165) is 28.2 Å². The molecule has 2 aliphatic carbocycles. The first-order chi connectivity index (χ1) is 23.1. The number of fused-ring (bicyclic) bond motifs is 10. The van der Waals surface area contributed by atoms with E-state index in [0.29, 0.717) is 5.46 Å². The van der Waals surface area contributed by atoms with Gasteiger partial charge in [-0.1, -0.05) is 133 Å². The van der Waals surface area contributed by atoms with Gasteiger partial charge in [-0.05, 0) is 97.5 Å². The van der Waals surface area contributed by atoms with E-state index < -0.39 is 12.5 Å². The molecule has 0 amide bonds. The molecule has 47 heavy (non-hydrogen) atoms. The van der Waals surface area contributed by atoms with Gasteiger partial charge in [-0.3, -0.25) is 0 Å². The summed E-state index contributed by atoms with van der Waals surface area (Å²) in [6.07, 6.45) is 0. The van der Waals surface area contributed by atoms with Crippen molar-refractivity contribution in [2.24, 2.45) is 0 Å². The van der Waals surface area contributed by atoms with Crippen LogP contribution in [-0.4, -0.2) is 17.2 Å². The lowest BCUT2D eigenvalue weighted by molar-refractivity contribution is 0.426. The maximum atomic E-state index is 9.86. The summed E-state index contributed by atoms with van der Waals surface area (Å²) in [5.74, 6) is 0. The molecule has 0 aliphatic heterocycles. The Balaban J connectivity index is 1.30. The first-order valence-corrected chi connectivity index (χ1v) is 16.0. The molecule has 0 bridgehead atoms. The van der Waals surface area contributed by atoms with Gasteiger partial charge in [0, 0.05) is 17.1 Å². The summed E-state index contributed by atoms with van der Waals surface area (Å²) in [6, 6.07) is 60.0. The van der Waals surface area contributed by atoms with E-state index in [9.17, 15) is 10.0 Å². The minimum absolute atomic E-state index is 0.447. The lowest BCUT2D eigenvalue weighted by atomic mass is 9.70. The number of hydrogen-bond acceptors (Lipinski definition) is 3. The van der Waals surface area contributed by atoms with Gasteiger partial charge < -0.3 is 14.9 Å². The average Bonchev–Trinajstić information content (AvgIpc) is 3.60. The summed E-state index contributed by atoms with van der Waals surface area (Å²) in [6.45, 7) is 0. The highest BCUT2D eigenvalue weighted by molar-refractivity contribution is 6.58. The third-order valence-electron chi connectivity index (χ3n) is 9.90. The topological polar surface area (TPSA) is 43.7 Å². The lowest BCUT2D eigenvalue weighted by Crippen LogP contribution is -2.29. The number of anilines is 3. The summed E-state index contributed by atoms with van der Waals surface area (Å²) in [5, 5.41) is 19.7. The molecule has 0 aromatic heterocycles. The van der Waals surface area contributed by atoms with Crippen LogP contribution >= 0.6 is 0 Å². The van der Waals surface area contributed by atoms with Gasteiger partial charge in [0.25, 0.3) is 0 Å². The van der Waals surface area contributed by atoms with Gasteiger partial charge in [0.1, 0.15) is 0 Å². The van der Waals surface area contributed by atoms with E-state index >= 15 is 0 Å².